The highest BCUT2D eigenvalue weighted by Crippen LogP contribution is 2.26. The van der Waals surface area contributed by atoms with Gasteiger partial charge in [-0.05, 0) is 6.92 Å². The number of aldehydes is 1. The number of thiazole rings is 1. The average molecular weight is 310 g/mol. The molecule has 0 aliphatic rings. The standard InChI is InChI=1S/C14H16ClN3OS/c1-8-16-10(9(6-19)13(15)17-8)5-12-18-11(7-20-12)14(2,3)4/h6-7H,5H2,1-4H3. The molecular formula is C14H16ClN3OS. The number of halogens is 1. The van der Waals surface area contributed by atoms with E-state index < -0.39 is 0 Å². The van der Waals surface area contributed by atoms with Gasteiger partial charge < -0.3 is 0 Å². The van der Waals surface area contributed by atoms with Crippen LogP contribution in [0.5, 0.6) is 0 Å². The summed E-state index contributed by atoms with van der Waals surface area (Å²) in [5, 5.41) is 3.17. The van der Waals surface area contributed by atoms with E-state index in [-0.39, 0.29) is 10.6 Å². The van der Waals surface area contributed by atoms with Crippen LogP contribution in [0.15, 0.2) is 5.38 Å². The Labute approximate surface area is 127 Å². The van der Waals surface area contributed by atoms with E-state index in [2.05, 4.69) is 35.7 Å². The maximum absolute atomic E-state index is 11.1. The second kappa shape index (κ2) is 5.58. The van der Waals surface area contributed by atoms with Crippen molar-refractivity contribution in [2.45, 2.75) is 39.5 Å². The summed E-state index contributed by atoms with van der Waals surface area (Å²) in [5.41, 5.74) is 2.04. The number of nitrogens with zero attached hydrogens (tertiary/aromatic N) is 3. The first-order valence-corrected chi connectivity index (χ1v) is 7.50. The van der Waals surface area contributed by atoms with Crippen LogP contribution in [0.2, 0.25) is 5.15 Å². The summed E-state index contributed by atoms with van der Waals surface area (Å²) in [4.78, 5) is 24.1. The molecule has 4 nitrogen and oxygen atoms in total. The van der Waals surface area contributed by atoms with Crippen LogP contribution in [0.4, 0.5) is 0 Å². The zero-order valence-electron chi connectivity index (χ0n) is 11.9. The van der Waals surface area contributed by atoms with Crippen LogP contribution >= 0.6 is 22.9 Å². The Morgan fingerprint density at radius 1 is 1.30 bits per heavy atom. The Bertz CT molecular complexity index is 646. The van der Waals surface area contributed by atoms with Gasteiger partial charge in [0.15, 0.2) is 6.29 Å². The predicted molar refractivity (Wildman–Crippen MR) is 80.8 cm³/mol. The van der Waals surface area contributed by atoms with Crippen LogP contribution in [-0.2, 0) is 11.8 Å². The summed E-state index contributed by atoms with van der Waals surface area (Å²) in [5.74, 6) is 0.559. The van der Waals surface area contributed by atoms with Crippen LogP contribution in [0.1, 0.15) is 53.3 Å². The lowest BCUT2D eigenvalue weighted by atomic mass is 9.93. The molecule has 0 amide bonds. The summed E-state index contributed by atoms with van der Waals surface area (Å²) >= 11 is 7.55. The Morgan fingerprint density at radius 2 is 2.00 bits per heavy atom. The minimum absolute atomic E-state index is 0.0153. The number of carbonyl (C=O) groups is 1. The Kier molecular flexibility index (Phi) is 4.20. The summed E-state index contributed by atoms with van der Waals surface area (Å²) in [7, 11) is 0. The van der Waals surface area contributed by atoms with Crippen molar-refractivity contribution in [3.05, 3.63) is 38.3 Å². The largest absolute Gasteiger partial charge is 0.298 e. The second-order valence-corrected chi connectivity index (χ2v) is 6.89. The van der Waals surface area contributed by atoms with Gasteiger partial charge in [-0.2, -0.15) is 0 Å². The molecule has 0 aliphatic carbocycles. The van der Waals surface area contributed by atoms with Gasteiger partial charge in [0, 0.05) is 17.2 Å². The summed E-state index contributed by atoms with van der Waals surface area (Å²) in [6, 6.07) is 0. The third-order valence-electron chi connectivity index (χ3n) is 2.85. The Balaban J connectivity index is 2.35. The Morgan fingerprint density at radius 3 is 2.55 bits per heavy atom. The molecule has 0 saturated heterocycles. The van der Waals surface area contributed by atoms with E-state index in [1.165, 1.54) is 0 Å². The SMILES string of the molecule is Cc1nc(Cl)c(C=O)c(Cc2nc(C(C)(C)C)cs2)n1. The molecular weight excluding hydrogens is 294 g/mol. The molecule has 6 heteroatoms. The smallest absolute Gasteiger partial charge is 0.155 e. The van der Waals surface area contributed by atoms with Gasteiger partial charge in [-0.1, -0.05) is 32.4 Å². The maximum atomic E-state index is 11.1. The average Bonchev–Trinajstić information content (AvgIpc) is 2.76. The van der Waals surface area contributed by atoms with Crippen molar-refractivity contribution in [1.29, 1.82) is 0 Å². The summed E-state index contributed by atoms with van der Waals surface area (Å²) in [6.45, 7) is 8.11. The van der Waals surface area contributed by atoms with Crippen molar-refractivity contribution in [2.75, 3.05) is 0 Å². The number of carbonyl (C=O) groups excluding carboxylic acids is 1. The lowest BCUT2D eigenvalue weighted by Crippen LogP contribution is -2.11. The van der Waals surface area contributed by atoms with Crippen LogP contribution in [0.3, 0.4) is 0 Å². The molecule has 106 valence electrons. The van der Waals surface area contributed by atoms with E-state index in [4.69, 9.17) is 11.6 Å². The molecule has 0 fully saturated rings. The van der Waals surface area contributed by atoms with Crippen LogP contribution in [0, 0.1) is 6.92 Å². The van der Waals surface area contributed by atoms with Crippen LogP contribution in [-0.4, -0.2) is 21.2 Å². The summed E-state index contributed by atoms with van der Waals surface area (Å²) in [6.07, 6.45) is 1.20. The molecule has 2 rings (SSSR count). The van der Waals surface area contributed by atoms with E-state index >= 15 is 0 Å². The molecule has 2 aromatic rings. The number of aryl methyl sites for hydroxylation is 1. The fourth-order valence-electron chi connectivity index (χ4n) is 1.73. The monoisotopic (exact) mass is 309 g/mol. The molecule has 2 heterocycles. The van der Waals surface area contributed by atoms with E-state index in [0.29, 0.717) is 29.8 Å². The fourth-order valence-corrected chi connectivity index (χ4v) is 3.03. The molecule has 20 heavy (non-hydrogen) atoms. The zero-order chi connectivity index (χ0) is 14.9. The molecule has 0 N–H and O–H groups in total. The molecule has 0 radical (unpaired) electrons. The summed E-state index contributed by atoms with van der Waals surface area (Å²) < 4.78 is 0. The van der Waals surface area contributed by atoms with E-state index in [1.807, 2.05) is 5.38 Å². The van der Waals surface area contributed by atoms with Crippen molar-refractivity contribution in [3.63, 3.8) is 0 Å². The van der Waals surface area contributed by atoms with Crippen molar-refractivity contribution >= 4 is 29.2 Å². The third-order valence-corrected chi connectivity index (χ3v) is 3.98. The van der Waals surface area contributed by atoms with Crippen molar-refractivity contribution in [3.8, 4) is 0 Å². The number of hydrogen-bond donors (Lipinski definition) is 0. The number of rotatable bonds is 3. The molecule has 0 saturated carbocycles. The molecule has 0 aromatic carbocycles. The van der Waals surface area contributed by atoms with Crippen molar-refractivity contribution in [2.24, 2.45) is 0 Å². The topological polar surface area (TPSA) is 55.7 Å². The number of aromatic nitrogens is 3. The first-order chi connectivity index (χ1) is 9.31. The van der Waals surface area contributed by atoms with E-state index in [9.17, 15) is 4.79 Å². The highest BCUT2D eigenvalue weighted by atomic mass is 35.5. The molecule has 0 spiro atoms. The highest BCUT2D eigenvalue weighted by Gasteiger charge is 2.19. The lowest BCUT2D eigenvalue weighted by molar-refractivity contribution is 0.112. The van der Waals surface area contributed by atoms with Gasteiger partial charge in [0.1, 0.15) is 11.0 Å². The number of hydrogen-bond acceptors (Lipinski definition) is 5. The van der Waals surface area contributed by atoms with Gasteiger partial charge >= 0.3 is 0 Å². The van der Waals surface area contributed by atoms with Gasteiger partial charge in [-0.25, -0.2) is 15.0 Å². The molecule has 0 bridgehead atoms. The Hall–Kier alpha value is -1.33. The predicted octanol–water partition coefficient (Wildman–Crippen LogP) is 3.60. The van der Waals surface area contributed by atoms with Gasteiger partial charge in [0.25, 0.3) is 0 Å². The fraction of sp³-hybridized carbons (Fsp3) is 0.429. The third kappa shape index (κ3) is 3.22. The molecule has 0 atom stereocenters. The minimum Gasteiger partial charge on any atom is -0.298 e. The highest BCUT2D eigenvalue weighted by molar-refractivity contribution is 7.09. The lowest BCUT2D eigenvalue weighted by Gasteiger charge is -2.14. The van der Waals surface area contributed by atoms with Crippen molar-refractivity contribution < 1.29 is 4.79 Å². The van der Waals surface area contributed by atoms with Crippen LogP contribution < -0.4 is 0 Å². The van der Waals surface area contributed by atoms with Gasteiger partial charge in [0.05, 0.1) is 22.0 Å². The second-order valence-electron chi connectivity index (χ2n) is 5.59. The zero-order valence-corrected chi connectivity index (χ0v) is 13.5. The molecule has 2 aromatic heterocycles. The van der Waals surface area contributed by atoms with Gasteiger partial charge in [0.2, 0.25) is 0 Å². The molecule has 0 aliphatic heterocycles. The first kappa shape index (κ1) is 15.1. The quantitative estimate of drug-likeness (QED) is 0.642. The molecule has 0 unspecified atom stereocenters. The normalized spacial score (nSPS) is 11.7. The van der Waals surface area contributed by atoms with Gasteiger partial charge in [-0.15, -0.1) is 11.3 Å². The van der Waals surface area contributed by atoms with Crippen molar-refractivity contribution in [1.82, 2.24) is 15.0 Å². The van der Waals surface area contributed by atoms with E-state index in [0.717, 1.165) is 10.7 Å². The van der Waals surface area contributed by atoms with Gasteiger partial charge in [-0.3, -0.25) is 4.79 Å². The van der Waals surface area contributed by atoms with E-state index in [1.54, 1.807) is 18.3 Å². The maximum Gasteiger partial charge on any atom is 0.155 e. The minimum atomic E-state index is 0.0153. The van der Waals surface area contributed by atoms with Crippen LogP contribution in [0.25, 0.3) is 0 Å². The first-order valence-electron chi connectivity index (χ1n) is 6.24.